The lowest BCUT2D eigenvalue weighted by molar-refractivity contribution is 0.0958. The van der Waals surface area contributed by atoms with E-state index in [-0.39, 0.29) is 24.1 Å². The van der Waals surface area contributed by atoms with E-state index < -0.39 is 0 Å². The normalized spacial score (nSPS) is 10.5. The molecular formula is C22H23ClN4O4. The Bertz CT molecular complexity index is 1080. The lowest BCUT2D eigenvalue weighted by atomic mass is 10.1. The molecule has 0 fully saturated rings. The van der Waals surface area contributed by atoms with E-state index in [4.69, 9.17) is 21.1 Å². The van der Waals surface area contributed by atoms with E-state index in [2.05, 4.69) is 15.7 Å². The average Bonchev–Trinajstić information content (AvgIpc) is 3.20. The SMILES string of the molecule is CCn1cc(NC(=O)c2ccc(OC)c(COc3ccc(Cl)cc3)c2)c(C(=O)NC)n1. The van der Waals surface area contributed by atoms with Gasteiger partial charge in [-0.3, -0.25) is 14.3 Å². The van der Waals surface area contributed by atoms with Gasteiger partial charge in [0.05, 0.1) is 12.8 Å². The van der Waals surface area contributed by atoms with Gasteiger partial charge in [0, 0.05) is 35.9 Å². The summed E-state index contributed by atoms with van der Waals surface area (Å²) in [5.74, 6) is 0.476. The quantitative estimate of drug-likeness (QED) is 0.554. The Labute approximate surface area is 185 Å². The number of hydrogen-bond donors (Lipinski definition) is 2. The van der Waals surface area contributed by atoms with E-state index in [9.17, 15) is 9.59 Å². The summed E-state index contributed by atoms with van der Waals surface area (Å²) in [5.41, 5.74) is 1.57. The van der Waals surface area contributed by atoms with E-state index in [1.807, 2.05) is 6.92 Å². The van der Waals surface area contributed by atoms with Crippen molar-refractivity contribution >= 4 is 29.1 Å². The lowest BCUT2D eigenvalue weighted by Gasteiger charge is -2.12. The van der Waals surface area contributed by atoms with Gasteiger partial charge in [-0.05, 0) is 49.4 Å². The van der Waals surface area contributed by atoms with Crippen LogP contribution in [0.25, 0.3) is 0 Å². The van der Waals surface area contributed by atoms with Crippen LogP contribution in [0.4, 0.5) is 5.69 Å². The molecule has 3 aromatic rings. The number of halogens is 1. The summed E-state index contributed by atoms with van der Waals surface area (Å²) in [6.07, 6.45) is 1.62. The van der Waals surface area contributed by atoms with Crippen LogP contribution in [-0.4, -0.2) is 35.8 Å². The van der Waals surface area contributed by atoms with Crippen LogP contribution < -0.4 is 20.1 Å². The molecule has 162 valence electrons. The van der Waals surface area contributed by atoms with Crippen LogP contribution in [0.3, 0.4) is 0 Å². The molecule has 9 heteroatoms. The van der Waals surface area contributed by atoms with E-state index in [0.717, 1.165) is 0 Å². The predicted octanol–water partition coefficient (Wildman–Crippen LogP) is 3.76. The Morgan fingerprint density at radius 1 is 1.13 bits per heavy atom. The van der Waals surface area contributed by atoms with Crippen molar-refractivity contribution in [1.82, 2.24) is 15.1 Å². The molecule has 0 aliphatic carbocycles. The Kier molecular flexibility index (Phi) is 7.15. The first-order valence-electron chi connectivity index (χ1n) is 9.61. The van der Waals surface area contributed by atoms with Crippen LogP contribution >= 0.6 is 11.6 Å². The number of hydrogen-bond acceptors (Lipinski definition) is 5. The fraction of sp³-hybridized carbons (Fsp3) is 0.227. The van der Waals surface area contributed by atoms with Gasteiger partial charge in [-0.15, -0.1) is 0 Å². The zero-order valence-electron chi connectivity index (χ0n) is 17.4. The molecule has 0 bridgehead atoms. The fourth-order valence-electron chi connectivity index (χ4n) is 2.88. The summed E-state index contributed by atoms with van der Waals surface area (Å²) in [4.78, 5) is 24.9. The van der Waals surface area contributed by atoms with Crippen molar-refractivity contribution in [2.24, 2.45) is 0 Å². The van der Waals surface area contributed by atoms with E-state index in [0.29, 0.717) is 39.9 Å². The minimum Gasteiger partial charge on any atom is -0.496 e. The maximum atomic E-state index is 12.9. The summed E-state index contributed by atoms with van der Waals surface area (Å²) < 4.78 is 12.8. The summed E-state index contributed by atoms with van der Waals surface area (Å²) in [6.45, 7) is 2.65. The van der Waals surface area contributed by atoms with Gasteiger partial charge in [0.15, 0.2) is 5.69 Å². The zero-order chi connectivity index (χ0) is 22.4. The van der Waals surface area contributed by atoms with Gasteiger partial charge in [0.2, 0.25) is 0 Å². The maximum Gasteiger partial charge on any atom is 0.273 e. The highest BCUT2D eigenvalue weighted by Crippen LogP contribution is 2.24. The Morgan fingerprint density at radius 2 is 1.87 bits per heavy atom. The monoisotopic (exact) mass is 442 g/mol. The number of nitrogens with one attached hydrogen (secondary N) is 2. The summed E-state index contributed by atoms with van der Waals surface area (Å²) >= 11 is 5.90. The number of aryl methyl sites for hydroxylation is 1. The molecule has 0 saturated carbocycles. The Morgan fingerprint density at radius 3 is 2.52 bits per heavy atom. The first-order valence-corrected chi connectivity index (χ1v) is 9.99. The minimum atomic E-state index is -0.380. The van der Waals surface area contributed by atoms with Gasteiger partial charge >= 0.3 is 0 Å². The van der Waals surface area contributed by atoms with Crippen molar-refractivity contribution in [3.63, 3.8) is 0 Å². The standard InChI is InChI=1S/C22H23ClN4O4/c1-4-27-12-18(20(26-27)22(29)24-2)25-21(28)14-5-10-19(30-3)15(11-14)13-31-17-8-6-16(23)7-9-17/h5-12H,4,13H2,1-3H3,(H,24,29)(H,25,28). The van der Waals surface area contributed by atoms with Gasteiger partial charge in [0.25, 0.3) is 11.8 Å². The number of carbonyl (C=O) groups excluding carboxylic acids is 2. The highest BCUT2D eigenvalue weighted by atomic mass is 35.5. The number of ether oxygens (including phenoxy) is 2. The van der Waals surface area contributed by atoms with E-state index in [1.165, 1.54) is 7.05 Å². The molecule has 1 aromatic heterocycles. The van der Waals surface area contributed by atoms with Crippen molar-refractivity contribution in [3.05, 3.63) is 70.5 Å². The topological polar surface area (TPSA) is 94.5 Å². The number of anilines is 1. The highest BCUT2D eigenvalue weighted by molar-refractivity contribution is 6.30. The van der Waals surface area contributed by atoms with Gasteiger partial charge < -0.3 is 20.1 Å². The molecule has 1 heterocycles. The molecule has 0 aliphatic heterocycles. The Balaban J connectivity index is 1.80. The molecule has 0 radical (unpaired) electrons. The third-order valence-electron chi connectivity index (χ3n) is 4.53. The van der Waals surface area contributed by atoms with E-state index in [1.54, 1.807) is 60.5 Å². The number of carbonyl (C=O) groups is 2. The van der Waals surface area contributed by atoms with Crippen LogP contribution in [0, 0.1) is 0 Å². The number of rotatable bonds is 8. The van der Waals surface area contributed by atoms with Crippen molar-refractivity contribution in [2.45, 2.75) is 20.1 Å². The Hall–Kier alpha value is -3.52. The molecule has 0 atom stereocenters. The maximum absolute atomic E-state index is 12.9. The third-order valence-corrected chi connectivity index (χ3v) is 4.78. The molecule has 2 N–H and O–H groups in total. The second kappa shape index (κ2) is 9.99. The third kappa shape index (κ3) is 5.35. The van der Waals surface area contributed by atoms with Crippen LogP contribution in [0.1, 0.15) is 33.3 Å². The summed E-state index contributed by atoms with van der Waals surface area (Å²) in [7, 11) is 3.06. The smallest absolute Gasteiger partial charge is 0.273 e. The second-order valence-electron chi connectivity index (χ2n) is 6.55. The molecule has 0 spiro atoms. The second-order valence-corrected chi connectivity index (χ2v) is 6.99. The fourth-order valence-corrected chi connectivity index (χ4v) is 3.01. The molecule has 3 rings (SSSR count). The highest BCUT2D eigenvalue weighted by Gasteiger charge is 2.19. The van der Waals surface area contributed by atoms with Crippen molar-refractivity contribution < 1.29 is 19.1 Å². The summed E-state index contributed by atoms with van der Waals surface area (Å²) in [5, 5.41) is 10.1. The first-order chi connectivity index (χ1) is 14.9. The van der Waals surface area contributed by atoms with Crippen LogP contribution in [-0.2, 0) is 13.2 Å². The molecule has 2 aromatic carbocycles. The van der Waals surface area contributed by atoms with E-state index >= 15 is 0 Å². The molecular weight excluding hydrogens is 420 g/mol. The predicted molar refractivity (Wildman–Crippen MR) is 118 cm³/mol. The molecule has 0 saturated heterocycles. The molecule has 0 unspecified atom stereocenters. The van der Waals surface area contributed by atoms with Crippen molar-refractivity contribution in [2.75, 3.05) is 19.5 Å². The molecule has 31 heavy (non-hydrogen) atoms. The number of amides is 2. The van der Waals surface area contributed by atoms with Gasteiger partial charge in [-0.2, -0.15) is 5.10 Å². The molecule has 8 nitrogen and oxygen atoms in total. The molecule has 0 aliphatic rings. The van der Waals surface area contributed by atoms with Gasteiger partial charge in [0.1, 0.15) is 18.1 Å². The minimum absolute atomic E-state index is 0.150. The number of nitrogens with zero attached hydrogens (tertiary/aromatic N) is 2. The summed E-state index contributed by atoms with van der Waals surface area (Å²) in [6, 6.07) is 12.0. The average molecular weight is 443 g/mol. The number of benzene rings is 2. The van der Waals surface area contributed by atoms with Crippen LogP contribution in [0.5, 0.6) is 11.5 Å². The first kappa shape index (κ1) is 22.2. The van der Waals surface area contributed by atoms with Crippen molar-refractivity contribution in [1.29, 1.82) is 0 Å². The number of aromatic nitrogens is 2. The zero-order valence-corrected chi connectivity index (χ0v) is 18.2. The van der Waals surface area contributed by atoms with Crippen LogP contribution in [0.15, 0.2) is 48.7 Å². The number of methoxy groups -OCH3 is 1. The largest absolute Gasteiger partial charge is 0.496 e. The van der Waals surface area contributed by atoms with Crippen molar-refractivity contribution in [3.8, 4) is 11.5 Å². The lowest BCUT2D eigenvalue weighted by Crippen LogP contribution is -2.21. The van der Waals surface area contributed by atoms with Gasteiger partial charge in [-0.1, -0.05) is 11.6 Å². The molecule has 2 amide bonds. The van der Waals surface area contributed by atoms with Gasteiger partial charge in [-0.25, -0.2) is 0 Å². The van der Waals surface area contributed by atoms with Crippen LogP contribution in [0.2, 0.25) is 5.02 Å².